The monoisotopic (exact) mass is 410 g/mol. The van der Waals surface area contributed by atoms with E-state index in [4.69, 9.17) is 13.9 Å². The maximum Gasteiger partial charge on any atom is 0.422 e. The van der Waals surface area contributed by atoms with E-state index in [-0.39, 0.29) is 23.8 Å². The summed E-state index contributed by atoms with van der Waals surface area (Å²) in [4.78, 5) is 25.8. The van der Waals surface area contributed by atoms with E-state index in [9.17, 15) is 22.8 Å². The lowest BCUT2D eigenvalue weighted by Crippen LogP contribution is -2.19. The molecule has 1 heterocycles. The predicted molar refractivity (Wildman–Crippen MR) is 98.3 cm³/mol. The molecule has 154 valence electrons. The van der Waals surface area contributed by atoms with Crippen molar-refractivity contribution in [3.05, 3.63) is 52.5 Å². The lowest BCUT2D eigenvalue weighted by molar-refractivity contribution is -0.153. The second kappa shape index (κ2) is 8.29. The van der Waals surface area contributed by atoms with E-state index in [0.29, 0.717) is 28.8 Å². The number of hydrogen-bond acceptors (Lipinski definition) is 5. The Labute approximate surface area is 162 Å². The van der Waals surface area contributed by atoms with Crippen LogP contribution in [0, 0.1) is 0 Å². The van der Waals surface area contributed by atoms with Crippen molar-refractivity contribution in [3.63, 3.8) is 0 Å². The summed E-state index contributed by atoms with van der Waals surface area (Å²) >= 11 is 0. The fourth-order valence-electron chi connectivity index (χ4n) is 2.66. The third-order valence-electron chi connectivity index (χ3n) is 3.96. The molecule has 0 saturated carbocycles. The maximum atomic E-state index is 12.3. The molecular formula is C19H17F3N2O5. The smallest absolute Gasteiger partial charge is 0.422 e. The number of aryl methyl sites for hydroxylation is 1. The van der Waals surface area contributed by atoms with Gasteiger partial charge in [0, 0.05) is 12.1 Å². The third-order valence-corrected chi connectivity index (χ3v) is 3.96. The third kappa shape index (κ3) is 5.53. The maximum absolute atomic E-state index is 12.3. The number of hydrogen-bond donors (Lipinski definition) is 2. The fraction of sp³-hybridized carbons (Fsp3) is 0.263. The van der Waals surface area contributed by atoms with Crippen molar-refractivity contribution in [2.24, 2.45) is 0 Å². The SMILES string of the molecule is COc1cc(CCC(=O)Nc2ccc3oc(=O)[nH]c3c2)ccc1OCC(F)(F)F. The van der Waals surface area contributed by atoms with Gasteiger partial charge in [-0.15, -0.1) is 0 Å². The van der Waals surface area contributed by atoms with E-state index >= 15 is 0 Å². The van der Waals surface area contributed by atoms with Crippen LogP contribution in [0.4, 0.5) is 18.9 Å². The highest BCUT2D eigenvalue weighted by atomic mass is 19.4. The second-order valence-electron chi connectivity index (χ2n) is 6.16. The standard InChI is InChI=1S/C19H17F3N2O5/c1-27-16-8-11(2-5-15(16)28-10-19(20,21)22)3-7-17(25)23-12-4-6-14-13(9-12)24-18(26)29-14/h2,4-6,8-9H,3,7,10H2,1H3,(H,23,25)(H,24,26). The molecule has 0 fully saturated rings. The Kier molecular flexibility index (Phi) is 5.81. The van der Waals surface area contributed by atoms with Gasteiger partial charge in [0.15, 0.2) is 23.7 Å². The van der Waals surface area contributed by atoms with Crippen LogP contribution in [0.3, 0.4) is 0 Å². The Morgan fingerprint density at radius 1 is 1.17 bits per heavy atom. The topological polar surface area (TPSA) is 93.6 Å². The fourth-order valence-corrected chi connectivity index (χ4v) is 2.66. The number of aromatic amines is 1. The first-order valence-corrected chi connectivity index (χ1v) is 8.53. The van der Waals surface area contributed by atoms with Gasteiger partial charge in [-0.2, -0.15) is 13.2 Å². The first-order chi connectivity index (χ1) is 13.7. The van der Waals surface area contributed by atoms with E-state index in [1.54, 1.807) is 24.3 Å². The molecule has 2 aromatic carbocycles. The average Bonchev–Trinajstić information content (AvgIpc) is 3.03. The van der Waals surface area contributed by atoms with E-state index in [1.165, 1.54) is 19.2 Å². The van der Waals surface area contributed by atoms with E-state index in [0.717, 1.165) is 0 Å². The zero-order chi connectivity index (χ0) is 21.0. The number of halogens is 3. The molecule has 0 saturated heterocycles. The molecule has 0 aliphatic heterocycles. The van der Waals surface area contributed by atoms with Gasteiger partial charge in [-0.05, 0) is 42.3 Å². The molecule has 29 heavy (non-hydrogen) atoms. The molecule has 0 radical (unpaired) electrons. The molecule has 0 atom stereocenters. The van der Waals surface area contributed by atoms with Crippen molar-refractivity contribution in [2.75, 3.05) is 19.0 Å². The predicted octanol–water partition coefficient (Wildman–Crippen LogP) is 3.64. The number of nitrogens with one attached hydrogen (secondary N) is 2. The van der Waals surface area contributed by atoms with Crippen LogP contribution >= 0.6 is 0 Å². The minimum Gasteiger partial charge on any atom is -0.493 e. The Bertz CT molecular complexity index is 1070. The molecule has 1 aromatic heterocycles. The number of oxazole rings is 1. The highest BCUT2D eigenvalue weighted by Crippen LogP contribution is 2.30. The van der Waals surface area contributed by atoms with Crippen LogP contribution in [-0.2, 0) is 11.2 Å². The van der Waals surface area contributed by atoms with Crippen molar-refractivity contribution in [2.45, 2.75) is 19.0 Å². The van der Waals surface area contributed by atoms with Gasteiger partial charge in [0.25, 0.3) is 0 Å². The minimum absolute atomic E-state index is 0.0274. The van der Waals surface area contributed by atoms with Gasteiger partial charge in [-0.3, -0.25) is 9.78 Å². The zero-order valence-electron chi connectivity index (χ0n) is 15.3. The van der Waals surface area contributed by atoms with Crippen molar-refractivity contribution in [1.82, 2.24) is 4.98 Å². The summed E-state index contributed by atoms with van der Waals surface area (Å²) in [5, 5.41) is 2.71. The summed E-state index contributed by atoms with van der Waals surface area (Å²) < 4.78 is 51.6. The molecule has 0 unspecified atom stereocenters. The molecule has 0 bridgehead atoms. The first kappa shape index (κ1) is 20.3. The molecule has 0 spiro atoms. The molecular weight excluding hydrogens is 393 g/mol. The number of aromatic nitrogens is 1. The lowest BCUT2D eigenvalue weighted by Gasteiger charge is -2.13. The van der Waals surface area contributed by atoms with Crippen LogP contribution in [0.25, 0.3) is 11.1 Å². The Balaban J connectivity index is 1.59. The lowest BCUT2D eigenvalue weighted by atomic mass is 10.1. The van der Waals surface area contributed by atoms with Crippen LogP contribution in [0.1, 0.15) is 12.0 Å². The molecule has 3 aromatic rings. The number of ether oxygens (including phenoxy) is 2. The largest absolute Gasteiger partial charge is 0.493 e. The summed E-state index contributed by atoms with van der Waals surface area (Å²) in [7, 11) is 1.32. The molecule has 3 rings (SSSR count). The number of rotatable bonds is 7. The number of anilines is 1. The highest BCUT2D eigenvalue weighted by Gasteiger charge is 2.29. The quantitative estimate of drug-likeness (QED) is 0.620. The van der Waals surface area contributed by atoms with Gasteiger partial charge in [-0.25, -0.2) is 4.79 Å². The number of amides is 1. The number of H-pyrrole nitrogens is 1. The summed E-state index contributed by atoms with van der Waals surface area (Å²) in [5.41, 5.74) is 2.04. The van der Waals surface area contributed by atoms with Crippen molar-refractivity contribution in [1.29, 1.82) is 0 Å². The van der Waals surface area contributed by atoms with Crippen molar-refractivity contribution in [3.8, 4) is 11.5 Å². The second-order valence-corrected chi connectivity index (χ2v) is 6.16. The zero-order valence-corrected chi connectivity index (χ0v) is 15.3. The van der Waals surface area contributed by atoms with Crippen molar-refractivity contribution >= 4 is 22.7 Å². The molecule has 10 heteroatoms. The number of carbonyl (C=O) groups is 1. The van der Waals surface area contributed by atoms with Crippen LogP contribution in [-0.4, -0.2) is 30.8 Å². The van der Waals surface area contributed by atoms with Gasteiger partial charge in [0.2, 0.25) is 5.91 Å². The normalized spacial score (nSPS) is 11.4. The summed E-state index contributed by atoms with van der Waals surface area (Å²) in [5.74, 6) is -0.728. The van der Waals surface area contributed by atoms with Gasteiger partial charge < -0.3 is 19.2 Å². The molecule has 7 nitrogen and oxygen atoms in total. The number of alkyl halides is 3. The Hall–Kier alpha value is -3.43. The molecule has 2 N–H and O–H groups in total. The van der Waals surface area contributed by atoms with Crippen LogP contribution in [0.15, 0.2) is 45.6 Å². The summed E-state index contributed by atoms with van der Waals surface area (Å²) in [6.07, 6.45) is -3.98. The number of methoxy groups -OCH3 is 1. The Morgan fingerprint density at radius 3 is 2.69 bits per heavy atom. The molecule has 0 aliphatic carbocycles. The van der Waals surface area contributed by atoms with E-state index in [2.05, 4.69) is 10.3 Å². The highest BCUT2D eigenvalue weighted by molar-refractivity contribution is 5.92. The average molecular weight is 410 g/mol. The van der Waals surface area contributed by atoms with Gasteiger partial charge in [-0.1, -0.05) is 6.07 Å². The van der Waals surface area contributed by atoms with Gasteiger partial charge in [0.1, 0.15) is 0 Å². The van der Waals surface area contributed by atoms with Crippen LogP contribution in [0.2, 0.25) is 0 Å². The molecule has 0 aliphatic rings. The number of carbonyl (C=O) groups excluding carboxylic acids is 1. The minimum atomic E-state index is -4.45. The van der Waals surface area contributed by atoms with Crippen LogP contribution in [0.5, 0.6) is 11.5 Å². The number of benzene rings is 2. The molecule has 1 amide bonds. The summed E-state index contributed by atoms with van der Waals surface area (Å²) in [6.45, 7) is -1.42. The Morgan fingerprint density at radius 2 is 1.97 bits per heavy atom. The van der Waals surface area contributed by atoms with Crippen LogP contribution < -0.4 is 20.5 Å². The van der Waals surface area contributed by atoms with Gasteiger partial charge in [0.05, 0.1) is 12.6 Å². The van der Waals surface area contributed by atoms with Gasteiger partial charge >= 0.3 is 11.9 Å². The summed E-state index contributed by atoms with van der Waals surface area (Å²) in [6, 6.07) is 9.22. The van der Waals surface area contributed by atoms with E-state index in [1.807, 2.05) is 0 Å². The van der Waals surface area contributed by atoms with E-state index < -0.39 is 18.5 Å². The first-order valence-electron chi connectivity index (χ1n) is 8.53. The number of fused-ring (bicyclic) bond motifs is 1. The van der Waals surface area contributed by atoms with Crippen molar-refractivity contribution < 1.29 is 31.9 Å².